The van der Waals surface area contributed by atoms with Crippen LogP contribution in [-0.4, -0.2) is 37.7 Å². The quantitative estimate of drug-likeness (QED) is 0.632. The summed E-state index contributed by atoms with van der Waals surface area (Å²) < 4.78 is 5.34. The van der Waals surface area contributed by atoms with Gasteiger partial charge in [0.05, 0.1) is 0 Å². The van der Waals surface area contributed by atoms with Crippen LogP contribution in [0.5, 0.6) is 0 Å². The van der Waals surface area contributed by atoms with Crippen molar-refractivity contribution in [3.8, 4) is 0 Å². The Balaban J connectivity index is 1.56. The van der Waals surface area contributed by atoms with Gasteiger partial charge in [-0.1, -0.05) is 6.92 Å². The fraction of sp³-hybridized carbons (Fsp3) is 1.00. The highest BCUT2D eigenvalue weighted by molar-refractivity contribution is 4.77. The van der Waals surface area contributed by atoms with Crippen molar-refractivity contribution in [2.75, 3.05) is 32.8 Å². The molecule has 70 valence electrons. The highest BCUT2D eigenvalue weighted by Gasteiger charge is 2.23. The van der Waals surface area contributed by atoms with Crippen LogP contribution in [0.1, 0.15) is 19.8 Å². The summed E-state index contributed by atoms with van der Waals surface area (Å²) in [5.41, 5.74) is 0. The number of hydrogen-bond acceptors (Lipinski definition) is 2. The predicted molar refractivity (Wildman–Crippen MR) is 49.1 cm³/mol. The van der Waals surface area contributed by atoms with E-state index in [1.54, 1.807) is 0 Å². The minimum absolute atomic E-state index is 0.862. The van der Waals surface area contributed by atoms with Crippen molar-refractivity contribution in [2.24, 2.45) is 11.8 Å². The first-order valence-corrected chi connectivity index (χ1v) is 5.14. The van der Waals surface area contributed by atoms with Gasteiger partial charge in [-0.25, -0.2) is 0 Å². The van der Waals surface area contributed by atoms with Crippen LogP contribution in [0.15, 0.2) is 0 Å². The summed E-state index contributed by atoms with van der Waals surface area (Å²) in [6.07, 6.45) is 2.65. The first-order chi connectivity index (χ1) is 5.84. The maximum Gasteiger partial charge on any atom is 0.0495 e. The molecule has 0 aromatic carbocycles. The van der Waals surface area contributed by atoms with Crippen molar-refractivity contribution < 1.29 is 4.74 Å². The molecular weight excluding hydrogens is 150 g/mol. The van der Waals surface area contributed by atoms with Crippen molar-refractivity contribution >= 4 is 0 Å². The second-order valence-corrected chi connectivity index (χ2v) is 4.38. The molecule has 0 spiro atoms. The summed E-state index contributed by atoms with van der Waals surface area (Å²) >= 11 is 0. The molecule has 0 radical (unpaired) electrons. The van der Waals surface area contributed by atoms with Crippen LogP contribution in [0.3, 0.4) is 0 Å². The number of hydrogen-bond donors (Lipinski definition) is 0. The van der Waals surface area contributed by atoms with Gasteiger partial charge in [0.15, 0.2) is 0 Å². The fourth-order valence-corrected chi connectivity index (χ4v) is 2.19. The molecule has 2 fully saturated rings. The Morgan fingerprint density at radius 2 is 2.25 bits per heavy atom. The van der Waals surface area contributed by atoms with E-state index >= 15 is 0 Å². The summed E-state index contributed by atoms with van der Waals surface area (Å²) in [5.74, 6) is 1.81. The molecule has 0 bridgehead atoms. The monoisotopic (exact) mass is 169 g/mol. The van der Waals surface area contributed by atoms with E-state index in [1.165, 1.54) is 32.5 Å². The zero-order valence-electron chi connectivity index (χ0n) is 7.96. The molecule has 2 saturated heterocycles. The number of ether oxygens (including phenoxy) is 1. The second-order valence-electron chi connectivity index (χ2n) is 4.38. The SMILES string of the molecule is CC1CN(CCC2CCOC2)C1. The molecule has 2 aliphatic rings. The van der Waals surface area contributed by atoms with Crippen molar-refractivity contribution in [2.45, 2.75) is 19.8 Å². The van der Waals surface area contributed by atoms with Crippen molar-refractivity contribution in [1.82, 2.24) is 4.90 Å². The normalized spacial score (nSPS) is 32.2. The Hall–Kier alpha value is -0.0800. The van der Waals surface area contributed by atoms with Crippen molar-refractivity contribution in [3.63, 3.8) is 0 Å². The topological polar surface area (TPSA) is 12.5 Å². The highest BCUT2D eigenvalue weighted by Crippen LogP contribution is 2.20. The molecule has 2 rings (SSSR count). The lowest BCUT2D eigenvalue weighted by Gasteiger charge is -2.37. The Kier molecular flexibility index (Phi) is 2.66. The Labute approximate surface area is 74.9 Å². The zero-order valence-corrected chi connectivity index (χ0v) is 7.96. The zero-order chi connectivity index (χ0) is 8.39. The van der Waals surface area contributed by atoms with Gasteiger partial charge in [0.1, 0.15) is 0 Å². The van der Waals surface area contributed by atoms with Crippen LogP contribution in [0.25, 0.3) is 0 Å². The standard InChI is InChI=1S/C10H19NO/c1-9-6-11(7-9)4-2-10-3-5-12-8-10/h9-10H,2-8H2,1H3. The van der Waals surface area contributed by atoms with Crippen molar-refractivity contribution in [3.05, 3.63) is 0 Å². The predicted octanol–water partition coefficient (Wildman–Crippen LogP) is 1.36. The van der Waals surface area contributed by atoms with Crippen LogP contribution in [-0.2, 0) is 4.74 Å². The molecule has 12 heavy (non-hydrogen) atoms. The van der Waals surface area contributed by atoms with E-state index in [9.17, 15) is 0 Å². The smallest absolute Gasteiger partial charge is 0.0495 e. The van der Waals surface area contributed by atoms with Gasteiger partial charge in [0.25, 0.3) is 0 Å². The molecule has 0 aliphatic carbocycles. The van der Waals surface area contributed by atoms with E-state index in [4.69, 9.17) is 4.74 Å². The maximum atomic E-state index is 5.34. The van der Waals surface area contributed by atoms with E-state index in [-0.39, 0.29) is 0 Å². The minimum atomic E-state index is 0.862. The second kappa shape index (κ2) is 3.75. The molecule has 2 heterocycles. The Morgan fingerprint density at radius 3 is 2.83 bits per heavy atom. The lowest BCUT2D eigenvalue weighted by Crippen LogP contribution is -2.45. The fourth-order valence-electron chi connectivity index (χ4n) is 2.19. The molecule has 2 aliphatic heterocycles. The molecule has 1 atom stereocenters. The lowest BCUT2D eigenvalue weighted by molar-refractivity contribution is 0.102. The van der Waals surface area contributed by atoms with Gasteiger partial charge in [-0.2, -0.15) is 0 Å². The van der Waals surface area contributed by atoms with E-state index in [2.05, 4.69) is 11.8 Å². The summed E-state index contributed by atoms with van der Waals surface area (Å²) in [7, 11) is 0. The summed E-state index contributed by atoms with van der Waals surface area (Å²) in [5, 5.41) is 0. The molecule has 0 saturated carbocycles. The highest BCUT2D eigenvalue weighted by atomic mass is 16.5. The van der Waals surface area contributed by atoms with Gasteiger partial charge in [-0.15, -0.1) is 0 Å². The van der Waals surface area contributed by atoms with Gasteiger partial charge < -0.3 is 9.64 Å². The van der Waals surface area contributed by atoms with E-state index in [0.717, 1.165) is 25.0 Å². The van der Waals surface area contributed by atoms with E-state index in [1.807, 2.05) is 0 Å². The van der Waals surface area contributed by atoms with Crippen LogP contribution in [0.4, 0.5) is 0 Å². The summed E-state index contributed by atoms with van der Waals surface area (Å²) in [6.45, 7) is 8.30. The maximum absolute atomic E-state index is 5.34. The third kappa shape index (κ3) is 1.99. The molecule has 2 nitrogen and oxygen atoms in total. The third-order valence-corrected chi connectivity index (χ3v) is 3.02. The average molecular weight is 169 g/mol. The molecular formula is C10H19NO. The third-order valence-electron chi connectivity index (χ3n) is 3.02. The van der Waals surface area contributed by atoms with Gasteiger partial charge in [0, 0.05) is 26.3 Å². The van der Waals surface area contributed by atoms with Crippen LogP contribution in [0.2, 0.25) is 0 Å². The summed E-state index contributed by atoms with van der Waals surface area (Å²) in [4.78, 5) is 2.56. The lowest BCUT2D eigenvalue weighted by atomic mass is 9.99. The van der Waals surface area contributed by atoms with Crippen LogP contribution < -0.4 is 0 Å². The molecule has 0 aromatic rings. The first kappa shape index (κ1) is 8.52. The number of likely N-dealkylation sites (tertiary alicyclic amines) is 1. The Bertz CT molecular complexity index is 137. The Morgan fingerprint density at radius 1 is 1.42 bits per heavy atom. The molecule has 0 N–H and O–H groups in total. The van der Waals surface area contributed by atoms with Gasteiger partial charge in [-0.3, -0.25) is 0 Å². The largest absolute Gasteiger partial charge is 0.381 e. The molecule has 2 heteroatoms. The van der Waals surface area contributed by atoms with Crippen LogP contribution in [0, 0.1) is 11.8 Å². The molecule has 0 amide bonds. The summed E-state index contributed by atoms with van der Waals surface area (Å²) in [6, 6.07) is 0. The van der Waals surface area contributed by atoms with E-state index in [0.29, 0.717) is 0 Å². The number of nitrogens with zero attached hydrogens (tertiary/aromatic N) is 1. The van der Waals surface area contributed by atoms with Gasteiger partial charge in [-0.05, 0) is 31.2 Å². The number of rotatable bonds is 3. The molecule has 0 aromatic heterocycles. The minimum Gasteiger partial charge on any atom is -0.381 e. The first-order valence-electron chi connectivity index (χ1n) is 5.14. The van der Waals surface area contributed by atoms with Gasteiger partial charge >= 0.3 is 0 Å². The molecule has 1 unspecified atom stereocenters. The van der Waals surface area contributed by atoms with Crippen LogP contribution >= 0.6 is 0 Å². The van der Waals surface area contributed by atoms with Gasteiger partial charge in [0.2, 0.25) is 0 Å². The average Bonchev–Trinajstić information content (AvgIpc) is 2.47. The van der Waals surface area contributed by atoms with Crippen molar-refractivity contribution in [1.29, 1.82) is 0 Å². The van der Waals surface area contributed by atoms with E-state index < -0.39 is 0 Å².